The van der Waals surface area contributed by atoms with Crippen molar-refractivity contribution in [3.63, 3.8) is 0 Å². The fourth-order valence-electron chi connectivity index (χ4n) is 2.58. The minimum absolute atomic E-state index is 0.334. The van der Waals surface area contributed by atoms with Crippen LogP contribution in [-0.2, 0) is 13.2 Å². The Morgan fingerprint density at radius 1 is 0.828 bits per heavy atom. The Hall–Kier alpha value is -1.30. The number of hydrogen-bond acceptors (Lipinski definition) is 3. The monoisotopic (exact) mass is 533 g/mol. The number of rotatable bonds is 7. The van der Waals surface area contributed by atoms with Gasteiger partial charge < -0.3 is 14.8 Å². The molecule has 3 aromatic rings. The number of anilines is 1. The maximum absolute atomic E-state index is 6.07. The minimum Gasteiger partial charge on any atom is -0.493 e. The van der Waals surface area contributed by atoms with E-state index in [1.54, 1.807) is 31.4 Å². The van der Waals surface area contributed by atoms with Gasteiger partial charge in [0.2, 0.25) is 0 Å². The highest BCUT2D eigenvalue weighted by Crippen LogP contribution is 2.35. The van der Waals surface area contributed by atoms with Gasteiger partial charge in [0.05, 0.1) is 27.2 Å². The number of ether oxygens (including phenoxy) is 2. The van der Waals surface area contributed by atoms with Gasteiger partial charge in [-0.2, -0.15) is 0 Å². The van der Waals surface area contributed by atoms with E-state index in [1.165, 1.54) is 0 Å². The van der Waals surface area contributed by atoms with Gasteiger partial charge in [0, 0.05) is 16.7 Å². The van der Waals surface area contributed by atoms with Crippen LogP contribution >= 0.6 is 62.3 Å². The number of benzene rings is 3. The predicted octanol–water partition coefficient (Wildman–Crippen LogP) is 8.26. The lowest BCUT2D eigenvalue weighted by molar-refractivity contribution is 0.284. The Morgan fingerprint density at radius 3 is 2.17 bits per heavy atom. The second-order valence-corrected chi connectivity index (χ2v) is 8.60. The average molecular weight is 536 g/mol. The Balaban J connectivity index is 1.72. The standard InChI is InChI=1S/C21H16BrCl4NO2/c1-28-20-7-13(10-27-14-3-5-17(24)19(26)8-14)15(22)9-21(20)29-11-12-2-4-16(23)18(25)6-12/h2-9,27H,10-11H2,1H3. The molecule has 0 unspecified atom stereocenters. The topological polar surface area (TPSA) is 30.5 Å². The van der Waals surface area contributed by atoms with Crippen LogP contribution in [0.2, 0.25) is 20.1 Å². The van der Waals surface area contributed by atoms with E-state index in [-0.39, 0.29) is 0 Å². The van der Waals surface area contributed by atoms with Crippen LogP contribution in [0.1, 0.15) is 11.1 Å². The zero-order valence-electron chi connectivity index (χ0n) is 15.2. The zero-order valence-corrected chi connectivity index (χ0v) is 19.8. The molecule has 0 heterocycles. The van der Waals surface area contributed by atoms with Crippen molar-refractivity contribution in [2.45, 2.75) is 13.2 Å². The molecule has 8 heteroatoms. The van der Waals surface area contributed by atoms with Crippen LogP contribution < -0.4 is 14.8 Å². The smallest absolute Gasteiger partial charge is 0.162 e. The van der Waals surface area contributed by atoms with Crippen molar-refractivity contribution in [1.82, 2.24) is 0 Å². The predicted molar refractivity (Wildman–Crippen MR) is 125 cm³/mol. The number of hydrogen-bond donors (Lipinski definition) is 1. The molecule has 0 aliphatic carbocycles. The maximum Gasteiger partial charge on any atom is 0.162 e. The lowest BCUT2D eigenvalue weighted by Crippen LogP contribution is -2.03. The summed E-state index contributed by atoms with van der Waals surface area (Å²) in [6.45, 7) is 0.891. The number of methoxy groups -OCH3 is 1. The third-order valence-corrected chi connectivity index (χ3v) is 6.33. The summed E-state index contributed by atoms with van der Waals surface area (Å²) in [6, 6.07) is 14.6. The van der Waals surface area contributed by atoms with Gasteiger partial charge in [0.15, 0.2) is 11.5 Å². The van der Waals surface area contributed by atoms with Gasteiger partial charge in [-0.05, 0) is 53.6 Å². The highest BCUT2D eigenvalue weighted by Gasteiger charge is 2.12. The van der Waals surface area contributed by atoms with Crippen LogP contribution in [0.4, 0.5) is 5.69 Å². The second kappa shape index (κ2) is 10.1. The summed E-state index contributed by atoms with van der Waals surface area (Å²) in [7, 11) is 1.60. The molecule has 152 valence electrons. The van der Waals surface area contributed by atoms with Crippen molar-refractivity contribution in [2.75, 3.05) is 12.4 Å². The summed E-state index contributed by atoms with van der Waals surface area (Å²) in [6.07, 6.45) is 0. The highest BCUT2D eigenvalue weighted by molar-refractivity contribution is 9.10. The van der Waals surface area contributed by atoms with Crippen molar-refractivity contribution >= 4 is 68.0 Å². The molecule has 0 bridgehead atoms. The summed E-state index contributed by atoms with van der Waals surface area (Å²) in [5.74, 6) is 1.24. The largest absolute Gasteiger partial charge is 0.493 e. The number of nitrogens with one attached hydrogen (secondary N) is 1. The van der Waals surface area contributed by atoms with E-state index < -0.39 is 0 Å². The van der Waals surface area contributed by atoms with Crippen molar-refractivity contribution in [1.29, 1.82) is 0 Å². The summed E-state index contributed by atoms with van der Waals surface area (Å²) in [4.78, 5) is 0. The summed E-state index contributed by atoms with van der Waals surface area (Å²) < 4.78 is 12.3. The van der Waals surface area contributed by atoms with Crippen LogP contribution in [0, 0.1) is 0 Å². The third-order valence-electron chi connectivity index (χ3n) is 4.11. The van der Waals surface area contributed by atoms with Gasteiger partial charge >= 0.3 is 0 Å². The molecule has 0 saturated carbocycles. The molecule has 0 radical (unpaired) electrons. The van der Waals surface area contributed by atoms with Crippen LogP contribution in [0.3, 0.4) is 0 Å². The average Bonchev–Trinajstić information content (AvgIpc) is 2.70. The van der Waals surface area contributed by atoms with E-state index in [1.807, 2.05) is 24.3 Å². The normalized spacial score (nSPS) is 10.7. The quantitative estimate of drug-likeness (QED) is 0.330. The Morgan fingerprint density at radius 2 is 1.52 bits per heavy atom. The lowest BCUT2D eigenvalue weighted by atomic mass is 10.2. The van der Waals surface area contributed by atoms with E-state index in [2.05, 4.69) is 21.2 Å². The first-order chi connectivity index (χ1) is 13.9. The van der Waals surface area contributed by atoms with Gasteiger partial charge in [0.25, 0.3) is 0 Å². The lowest BCUT2D eigenvalue weighted by Gasteiger charge is -2.15. The summed E-state index contributed by atoms with van der Waals surface area (Å²) in [5.41, 5.74) is 2.77. The molecule has 0 aromatic heterocycles. The van der Waals surface area contributed by atoms with Crippen molar-refractivity contribution < 1.29 is 9.47 Å². The molecule has 0 aliphatic rings. The number of halogens is 5. The van der Waals surface area contributed by atoms with Crippen LogP contribution in [0.25, 0.3) is 0 Å². The van der Waals surface area contributed by atoms with E-state index in [0.717, 1.165) is 21.3 Å². The molecule has 3 nitrogen and oxygen atoms in total. The fourth-order valence-corrected chi connectivity index (χ4v) is 3.66. The summed E-state index contributed by atoms with van der Waals surface area (Å²) >= 11 is 27.6. The van der Waals surface area contributed by atoms with E-state index in [4.69, 9.17) is 55.9 Å². The van der Waals surface area contributed by atoms with Gasteiger partial charge in [-0.1, -0.05) is 68.4 Å². The highest BCUT2D eigenvalue weighted by atomic mass is 79.9. The molecule has 0 aliphatic heterocycles. The van der Waals surface area contributed by atoms with Gasteiger partial charge in [-0.15, -0.1) is 0 Å². The molecule has 0 amide bonds. The minimum atomic E-state index is 0.334. The van der Waals surface area contributed by atoms with Crippen molar-refractivity contribution in [2.24, 2.45) is 0 Å². The Labute approximate surface area is 197 Å². The fraction of sp³-hybridized carbons (Fsp3) is 0.143. The van der Waals surface area contributed by atoms with Gasteiger partial charge in [0.1, 0.15) is 6.61 Å². The van der Waals surface area contributed by atoms with Crippen LogP contribution in [0.5, 0.6) is 11.5 Å². The molecule has 0 saturated heterocycles. The molecule has 3 aromatic carbocycles. The van der Waals surface area contributed by atoms with E-state index in [9.17, 15) is 0 Å². The molecule has 0 spiro atoms. The summed E-state index contributed by atoms with van der Waals surface area (Å²) in [5, 5.41) is 5.33. The van der Waals surface area contributed by atoms with E-state index in [0.29, 0.717) is 44.7 Å². The molecule has 0 fully saturated rings. The molecular weight excluding hydrogens is 520 g/mol. The first-order valence-electron chi connectivity index (χ1n) is 8.49. The molecule has 0 atom stereocenters. The second-order valence-electron chi connectivity index (χ2n) is 6.11. The first-order valence-corrected chi connectivity index (χ1v) is 10.8. The molecule has 3 rings (SSSR count). The first kappa shape index (κ1) is 22.4. The zero-order chi connectivity index (χ0) is 21.0. The third kappa shape index (κ3) is 5.87. The molecular formula is C21H16BrCl4NO2. The molecule has 1 N–H and O–H groups in total. The van der Waals surface area contributed by atoms with Gasteiger partial charge in [-0.3, -0.25) is 0 Å². The molecule has 29 heavy (non-hydrogen) atoms. The maximum atomic E-state index is 6.07. The van der Waals surface area contributed by atoms with Crippen molar-refractivity contribution in [3.8, 4) is 11.5 Å². The Bertz CT molecular complexity index is 1030. The SMILES string of the molecule is COc1cc(CNc2ccc(Cl)c(Cl)c2)c(Br)cc1OCc1ccc(Cl)c(Cl)c1. The van der Waals surface area contributed by atoms with Gasteiger partial charge in [-0.25, -0.2) is 0 Å². The Kier molecular flexibility index (Phi) is 7.83. The van der Waals surface area contributed by atoms with Crippen LogP contribution in [-0.4, -0.2) is 7.11 Å². The van der Waals surface area contributed by atoms with Crippen LogP contribution in [0.15, 0.2) is 53.0 Å². The van der Waals surface area contributed by atoms with E-state index >= 15 is 0 Å². The van der Waals surface area contributed by atoms with Crippen molar-refractivity contribution in [3.05, 3.63) is 84.2 Å².